The van der Waals surface area contributed by atoms with Gasteiger partial charge >= 0.3 is 17.9 Å². The minimum atomic E-state index is -4.26. The van der Waals surface area contributed by atoms with Crippen LogP contribution in [-0.2, 0) is 38.7 Å². The molecule has 10 heteroatoms. The third-order valence-electron chi connectivity index (χ3n) is 6.08. The van der Waals surface area contributed by atoms with Gasteiger partial charge in [0.1, 0.15) is 24.6 Å². The van der Waals surface area contributed by atoms with E-state index in [1.165, 1.54) is 0 Å². The highest BCUT2D eigenvalue weighted by atomic mass is 32.2. The van der Waals surface area contributed by atoms with Crippen molar-refractivity contribution in [2.45, 2.75) is 45.8 Å². The largest absolute Gasteiger partial charge is 0.464 e. The van der Waals surface area contributed by atoms with Crippen LogP contribution in [0.1, 0.15) is 33.6 Å². The molecule has 6 atom stereocenters. The molecule has 3 rings (SSSR count). The first kappa shape index (κ1) is 20.1. The molecule has 3 fully saturated rings. The number of hydrogen-bond acceptors (Lipinski definition) is 8. The summed E-state index contributed by atoms with van der Waals surface area (Å²) >= 11 is 0. The second kappa shape index (κ2) is 6.73. The van der Waals surface area contributed by atoms with E-state index in [1.807, 2.05) is 6.92 Å². The number of ether oxygens (including phenoxy) is 3. The van der Waals surface area contributed by atoms with Crippen molar-refractivity contribution in [1.82, 2.24) is 0 Å². The highest BCUT2D eigenvalue weighted by Crippen LogP contribution is 2.59. The van der Waals surface area contributed by atoms with Crippen molar-refractivity contribution in [3.8, 4) is 0 Å². The number of carbonyl (C=O) groups is 3. The van der Waals surface area contributed by atoms with Crippen LogP contribution < -0.4 is 0 Å². The number of rotatable bonds is 7. The van der Waals surface area contributed by atoms with E-state index in [9.17, 15) is 22.8 Å². The van der Waals surface area contributed by atoms with Crippen LogP contribution in [0, 0.1) is 29.1 Å². The Labute approximate surface area is 157 Å². The minimum Gasteiger partial charge on any atom is -0.464 e. The Hall–Kier alpha value is -1.68. The van der Waals surface area contributed by atoms with Crippen molar-refractivity contribution in [2.75, 3.05) is 12.4 Å². The van der Waals surface area contributed by atoms with Crippen molar-refractivity contribution < 1.29 is 41.6 Å². The van der Waals surface area contributed by atoms with Gasteiger partial charge in [-0.3, -0.25) is 18.9 Å². The molecule has 3 aliphatic rings. The molecule has 1 saturated heterocycles. The van der Waals surface area contributed by atoms with Gasteiger partial charge in [0.2, 0.25) is 0 Å². The summed E-state index contributed by atoms with van der Waals surface area (Å²) in [6, 6.07) is 0. The van der Waals surface area contributed by atoms with Gasteiger partial charge in [0.25, 0.3) is 10.1 Å². The van der Waals surface area contributed by atoms with E-state index >= 15 is 0 Å². The van der Waals surface area contributed by atoms with Crippen LogP contribution in [-0.4, -0.2) is 55.4 Å². The van der Waals surface area contributed by atoms with Gasteiger partial charge in [-0.2, -0.15) is 8.42 Å². The van der Waals surface area contributed by atoms with E-state index in [4.69, 9.17) is 18.8 Å². The zero-order valence-corrected chi connectivity index (χ0v) is 16.2. The monoisotopic (exact) mass is 404 g/mol. The molecular formula is C17H24O9S. The Morgan fingerprint density at radius 2 is 1.96 bits per heavy atom. The van der Waals surface area contributed by atoms with Gasteiger partial charge in [0, 0.05) is 11.8 Å². The highest BCUT2D eigenvalue weighted by molar-refractivity contribution is 7.85. The molecule has 0 aromatic heterocycles. The molecule has 0 aromatic carbocycles. The van der Waals surface area contributed by atoms with Gasteiger partial charge in [0.05, 0.1) is 17.3 Å². The molecule has 2 saturated carbocycles. The fourth-order valence-electron chi connectivity index (χ4n) is 4.24. The summed E-state index contributed by atoms with van der Waals surface area (Å²) in [6.07, 6.45) is -0.189. The predicted octanol–water partition coefficient (Wildman–Crippen LogP) is 0.573. The smallest absolute Gasteiger partial charge is 0.311 e. The first-order valence-electron chi connectivity index (χ1n) is 8.99. The van der Waals surface area contributed by atoms with E-state index in [1.54, 1.807) is 13.8 Å². The lowest BCUT2D eigenvalue weighted by Crippen LogP contribution is -2.45. The number of fused-ring (bicyclic) bond motifs is 1. The van der Waals surface area contributed by atoms with Gasteiger partial charge in [0.15, 0.2) is 0 Å². The van der Waals surface area contributed by atoms with E-state index in [0.29, 0.717) is 12.8 Å². The van der Waals surface area contributed by atoms with Crippen LogP contribution in [0.15, 0.2) is 0 Å². The van der Waals surface area contributed by atoms with E-state index in [2.05, 4.69) is 0 Å². The maximum atomic E-state index is 12.5. The van der Waals surface area contributed by atoms with Gasteiger partial charge in [-0.05, 0) is 26.7 Å². The minimum absolute atomic E-state index is 0.218. The average Bonchev–Trinajstić information content (AvgIpc) is 3.16. The number of carbonyl (C=O) groups excluding carboxylic acids is 3. The molecule has 0 aromatic rings. The summed E-state index contributed by atoms with van der Waals surface area (Å²) in [6.45, 7) is 4.87. The van der Waals surface area contributed by atoms with Gasteiger partial charge in [-0.25, -0.2) is 0 Å². The first-order valence-corrected chi connectivity index (χ1v) is 10.6. The maximum Gasteiger partial charge on any atom is 0.311 e. The van der Waals surface area contributed by atoms with E-state index < -0.39 is 75.8 Å². The topological polar surface area (TPSA) is 133 Å². The predicted molar refractivity (Wildman–Crippen MR) is 89.8 cm³/mol. The van der Waals surface area contributed by atoms with Gasteiger partial charge < -0.3 is 14.2 Å². The lowest BCUT2D eigenvalue weighted by Gasteiger charge is -2.32. The van der Waals surface area contributed by atoms with E-state index in [0.717, 1.165) is 0 Å². The molecule has 27 heavy (non-hydrogen) atoms. The average molecular weight is 404 g/mol. The SMILES string of the molecule is CCC(C)(C)C(=O)OC1C2CC3C1OC(=O)C3C2C(=O)OCCS(=O)(=O)O. The zero-order valence-electron chi connectivity index (χ0n) is 15.4. The standard InChI is InChI=1S/C17H24O9S/c1-4-17(2,3)16(20)26-13-8-7-9-11(15(19)25-12(9)13)10(8)14(18)24-5-6-27(21,22)23/h8-13H,4-7H2,1-3H3,(H,21,22,23). The Bertz CT molecular complexity index is 756. The molecule has 1 aliphatic heterocycles. The number of esters is 3. The second-order valence-electron chi connectivity index (χ2n) is 8.08. The summed E-state index contributed by atoms with van der Waals surface area (Å²) in [7, 11) is -4.26. The quantitative estimate of drug-likeness (QED) is 0.367. The normalized spacial score (nSPS) is 34.4. The molecule has 6 unspecified atom stereocenters. The van der Waals surface area contributed by atoms with Gasteiger partial charge in [-0.1, -0.05) is 6.92 Å². The molecule has 2 bridgehead atoms. The number of hydrogen-bond donors (Lipinski definition) is 1. The van der Waals surface area contributed by atoms with Crippen molar-refractivity contribution in [2.24, 2.45) is 29.1 Å². The summed E-state index contributed by atoms with van der Waals surface area (Å²) in [5.74, 6) is -4.52. The fraction of sp³-hybridized carbons (Fsp3) is 0.824. The highest BCUT2D eigenvalue weighted by Gasteiger charge is 2.70. The van der Waals surface area contributed by atoms with Crippen LogP contribution in [0.3, 0.4) is 0 Å². The van der Waals surface area contributed by atoms with Crippen molar-refractivity contribution in [3.63, 3.8) is 0 Å². The summed E-state index contributed by atoms with van der Waals surface area (Å²) in [5.41, 5.74) is -0.699. The maximum absolute atomic E-state index is 12.5. The molecule has 9 nitrogen and oxygen atoms in total. The van der Waals surface area contributed by atoms with Crippen molar-refractivity contribution >= 4 is 28.0 Å². The molecule has 0 spiro atoms. The molecule has 0 amide bonds. The molecule has 2 aliphatic carbocycles. The molecule has 0 radical (unpaired) electrons. The Morgan fingerprint density at radius 3 is 2.56 bits per heavy atom. The van der Waals surface area contributed by atoms with Gasteiger partial charge in [-0.15, -0.1) is 0 Å². The molecule has 1 heterocycles. The lowest BCUT2D eigenvalue weighted by molar-refractivity contribution is -0.173. The third-order valence-corrected chi connectivity index (χ3v) is 6.77. The lowest BCUT2D eigenvalue weighted by atomic mass is 9.78. The summed E-state index contributed by atoms with van der Waals surface area (Å²) in [4.78, 5) is 37.2. The van der Waals surface area contributed by atoms with Crippen LogP contribution in [0.2, 0.25) is 0 Å². The second-order valence-corrected chi connectivity index (χ2v) is 9.65. The fourth-order valence-corrected chi connectivity index (χ4v) is 4.53. The Balaban J connectivity index is 1.74. The van der Waals surface area contributed by atoms with Crippen LogP contribution in [0.25, 0.3) is 0 Å². The van der Waals surface area contributed by atoms with Crippen molar-refractivity contribution in [3.05, 3.63) is 0 Å². The van der Waals surface area contributed by atoms with E-state index in [-0.39, 0.29) is 5.92 Å². The Kier molecular flexibility index (Phi) is 5.00. The summed E-state index contributed by atoms with van der Waals surface area (Å²) in [5, 5.41) is 0. The van der Waals surface area contributed by atoms with Crippen LogP contribution in [0.5, 0.6) is 0 Å². The van der Waals surface area contributed by atoms with Crippen LogP contribution >= 0.6 is 0 Å². The molecule has 152 valence electrons. The third kappa shape index (κ3) is 3.56. The van der Waals surface area contributed by atoms with Crippen LogP contribution in [0.4, 0.5) is 0 Å². The van der Waals surface area contributed by atoms with Crippen molar-refractivity contribution in [1.29, 1.82) is 0 Å². The Morgan fingerprint density at radius 1 is 1.30 bits per heavy atom. The summed E-state index contributed by atoms with van der Waals surface area (Å²) < 4.78 is 46.3. The first-order chi connectivity index (χ1) is 12.5. The molecular weight excluding hydrogens is 380 g/mol. The zero-order chi connectivity index (χ0) is 20.1. The molecule has 1 N–H and O–H groups in total.